The van der Waals surface area contributed by atoms with Crippen LogP contribution in [0.5, 0.6) is 0 Å². The van der Waals surface area contributed by atoms with E-state index in [1.165, 1.54) is 12.8 Å². The molecule has 0 fully saturated rings. The van der Waals surface area contributed by atoms with Gasteiger partial charge in [0.05, 0.1) is 10.6 Å². The van der Waals surface area contributed by atoms with Crippen molar-refractivity contribution in [2.75, 3.05) is 6.54 Å². The zero-order chi connectivity index (χ0) is 18.4. The molecule has 0 saturated heterocycles. The number of rotatable bonds is 8. The van der Waals surface area contributed by atoms with E-state index in [0.717, 1.165) is 29.1 Å². The van der Waals surface area contributed by atoms with Gasteiger partial charge in [-0.1, -0.05) is 43.9 Å². The third kappa shape index (κ3) is 4.54. The summed E-state index contributed by atoms with van der Waals surface area (Å²) in [5.41, 5.74) is 2.14. The third-order valence-corrected chi connectivity index (χ3v) is 5.25. The van der Waals surface area contributed by atoms with E-state index in [1.54, 1.807) is 28.2 Å². The molecule has 2 heterocycles. The minimum Gasteiger partial charge on any atom is -0.351 e. The summed E-state index contributed by atoms with van der Waals surface area (Å²) >= 11 is 7.60. The van der Waals surface area contributed by atoms with Crippen molar-refractivity contribution < 1.29 is 4.79 Å². The molecule has 3 aromatic rings. The van der Waals surface area contributed by atoms with Crippen molar-refractivity contribution in [1.29, 1.82) is 0 Å². The molecule has 136 valence electrons. The Morgan fingerprint density at radius 3 is 2.69 bits per heavy atom. The summed E-state index contributed by atoms with van der Waals surface area (Å²) in [6.45, 7) is 2.86. The van der Waals surface area contributed by atoms with Crippen LogP contribution in [0.3, 0.4) is 0 Å². The van der Waals surface area contributed by atoms with Gasteiger partial charge in [0.15, 0.2) is 0 Å². The van der Waals surface area contributed by atoms with E-state index >= 15 is 0 Å². The van der Waals surface area contributed by atoms with Crippen LogP contribution in [-0.2, 0) is 0 Å². The summed E-state index contributed by atoms with van der Waals surface area (Å²) in [7, 11) is 0. The minimum atomic E-state index is -0.105. The van der Waals surface area contributed by atoms with Crippen molar-refractivity contribution in [1.82, 2.24) is 15.1 Å². The highest BCUT2D eigenvalue weighted by Crippen LogP contribution is 2.26. The number of hydrogen-bond donors (Lipinski definition) is 1. The molecule has 0 saturated carbocycles. The molecule has 1 aromatic carbocycles. The minimum absolute atomic E-state index is 0.105. The number of carbonyl (C=O) groups is 1. The molecule has 0 unspecified atom stereocenters. The number of hydrogen-bond acceptors (Lipinski definition) is 3. The average Bonchev–Trinajstić information content (AvgIpc) is 3.31. The molecule has 0 aliphatic rings. The molecule has 1 N–H and O–H groups in total. The second-order valence-electron chi connectivity index (χ2n) is 6.10. The molecule has 0 aliphatic heterocycles. The van der Waals surface area contributed by atoms with Crippen molar-refractivity contribution in [3.63, 3.8) is 0 Å². The van der Waals surface area contributed by atoms with Gasteiger partial charge in [0, 0.05) is 11.6 Å². The smallest absolute Gasteiger partial charge is 0.270 e. The van der Waals surface area contributed by atoms with Crippen LogP contribution in [0, 0.1) is 0 Å². The fourth-order valence-electron chi connectivity index (χ4n) is 2.71. The Morgan fingerprint density at radius 1 is 1.19 bits per heavy atom. The highest BCUT2D eigenvalue weighted by atomic mass is 35.5. The van der Waals surface area contributed by atoms with Crippen molar-refractivity contribution in [3.05, 3.63) is 58.6 Å². The number of benzene rings is 1. The van der Waals surface area contributed by atoms with Crippen LogP contribution < -0.4 is 5.32 Å². The number of amides is 1. The summed E-state index contributed by atoms with van der Waals surface area (Å²) in [6, 6.07) is 13.2. The second kappa shape index (κ2) is 9.01. The van der Waals surface area contributed by atoms with Crippen LogP contribution in [-0.4, -0.2) is 22.2 Å². The molecule has 0 aliphatic carbocycles. The fourth-order valence-corrected chi connectivity index (χ4v) is 3.52. The molecule has 2 aromatic heterocycles. The topological polar surface area (TPSA) is 46.9 Å². The SMILES string of the molecule is CCCCCCNC(=O)c1cc(-c2cccs2)nn1-c1ccc(Cl)cc1. The van der Waals surface area contributed by atoms with E-state index < -0.39 is 0 Å². The fraction of sp³-hybridized carbons (Fsp3) is 0.300. The lowest BCUT2D eigenvalue weighted by Crippen LogP contribution is -2.26. The molecule has 3 rings (SSSR count). The number of halogens is 1. The summed E-state index contributed by atoms with van der Waals surface area (Å²) in [6.07, 6.45) is 4.50. The van der Waals surface area contributed by atoms with Crippen LogP contribution in [0.2, 0.25) is 5.02 Å². The summed E-state index contributed by atoms with van der Waals surface area (Å²) in [5.74, 6) is -0.105. The zero-order valence-electron chi connectivity index (χ0n) is 14.7. The van der Waals surface area contributed by atoms with Gasteiger partial charge in [-0.2, -0.15) is 5.10 Å². The van der Waals surface area contributed by atoms with Gasteiger partial charge < -0.3 is 5.32 Å². The molecule has 0 spiro atoms. The number of aromatic nitrogens is 2. The van der Waals surface area contributed by atoms with E-state index in [2.05, 4.69) is 17.3 Å². The lowest BCUT2D eigenvalue weighted by atomic mass is 10.2. The number of unbranched alkanes of at least 4 members (excludes halogenated alkanes) is 3. The predicted octanol–water partition coefficient (Wildman–Crippen LogP) is 5.56. The Hall–Kier alpha value is -2.11. The highest BCUT2D eigenvalue weighted by molar-refractivity contribution is 7.13. The van der Waals surface area contributed by atoms with Crippen LogP contribution in [0.25, 0.3) is 16.3 Å². The quantitative estimate of drug-likeness (QED) is 0.514. The summed E-state index contributed by atoms with van der Waals surface area (Å²) in [5, 5.41) is 10.3. The Bertz CT molecular complexity index is 841. The largest absolute Gasteiger partial charge is 0.351 e. The molecule has 0 radical (unpaired) electrons. The van der Waals surface area contributed by atoms with Crippen molar-refractivity contribution in [2.45, 2.75) is 32.6 Å². The first kappa shape index (κ1) is 18.7. The van der Waals surface area contributed by atoms with Crippen molar-refractivity contribution in [2.24, 2.45) is 0 Å². The Labute approximate surface area is 162 Å². The summed E-state index contributed by atoms with van der Waals surface area (Å²) < 4.78 is 1.69. The number of nitrogens with zero attached hydrogens (tertiary/aromatic N) is 2. The molecule has 4 nitrogen and oxygen atoms in total. The number of nitrogens with one attached hydrogen (secondary N) is 1. The Morgan fingerprint density at radius 2 is 2.00 bits per heavy atom. The molecule has 0 atom stereocenters. The summed E-state index contributed by atoms with van der Waals surface area (Å²) in [4.78, 5) is 13.8. The van der Waals surface area contributed by atoms with E-state index in [0.29, 0.717) is 17.3 Å². The molecule has 1 amide bonds. The first-order chi connectivity index (χ1) is 12.7. The van der Waals surface area contributed by atoms with E-state index in [1.807, 2.05) is 35.7 Å². The first-order valence-electron chi connectivity index (χ1n) is 8.87. The van der Waals surface area contributed by atoms with Gasteiger partial charge in [0.25, 0.3) is 5.91 Å². The monoisotopic (exact) mass is 387 g/mol. The van der Waals surface area contributed by atoms with Gasteiger partial charge in [-0.05, 0) is 48.2 Å². The van der Waals surface area contributed by atoms with Gasteiger partial charge in [-0.15, -0.1) is 11.3 Å². The van der Waals surface area contributed by atoms with E-state index in [4.69, 9.17) is 11.6 Å². The maximum Gasteiger partial charge on any atom is 0.270 e. The maximum absolute atomic E-state index is 12.7. The Kier molecular flexibility index (Phi) is 6.47. The average molecular weight is 388 g/mol. The highest BCUT2D eigenvalue weighted by Gasteiger charge is 2.17. The molecular formula is C20H22ClN3OS. The predicted molar refractivity (Wildman–Crippen MR) is 108 cm³/mol. The van der Waals surface area contributed by atoms with Crippen molar-refractivity contribution >= 4 is 28.8 Å². The molecule has 6 heteroatoms. The van der Waals surface area contributed by atoms with Crippen LogP contribution in [0.4, 0.5) is 0 Å². The van der Waals surface area contributed by atoms with Crippen molar-refractivity contribution in [3.8, 4) is 16.3 Å². The van der Waals surface area contributed by atoms with Gasteiger partial charge >= 0.3 is 0 Å². The van der Waals surface area contributed by atoms with E-state index in [9.17, 15) is 4.79 Å². The van der Waals surface area contributed by atoms with Gasteiger partial charge in [-0.3, -0.25) is 4.79 Å². The van der Waals surface area contributed by atoms with Crippen LogP contribution >= 0.6 is 22.9 Å². The van der Waals surface area contributed by atoms with E-state index in [-0.39, 0.29) is 5.91 Å². The zero-order valence-corrected chi connectivity index (χ0v) is 16.3. The molecule has 0 bridgehead atoms. The number of carbonyl (C=O) groups excluding carboxylic acids is 1. The molecule has 26 heavy (non-hydrogen) atoms. The lowest BCUT2D eigenvalue weighted by Gasteiger charge is -2.08. The first-order valence-corrected chi connectivity index (χ1v) is 10.1. The van der Waals surface area contributed by atoms with Crippen LogP contribution in [0.15, 0.2) is 47.8 Å². The second-order valence-corrected chi connectivity index (χ2v) is 7.48. The normalized spacial score (nSPS) is 10.8. The lowest BCUT2D eigenvalue weighted by molar-refractivity contribution is 0.0945. The molecular weight excluding hydrogens is 366 g/mol. The Balaban J connectivity index is 1.84. The van der Waals surface area contributed by atoms with Gasteiger partial charge in [-0.25, -0.2) is 4.68 Å². The van der Waals surface area contributed by atoms with Gasteiger partial charge in [0.1, 0.15) is 11.4 Å². The van der Waals surface area contributed by atoms with Gasteiger partial charge in [0.2, 0.25) is 0 Å². The standard InChI is InChI=1S/C20H22ClN3OS/c1-2-3-4-5-12-22-20(25)18-14-17(19-7-6-13-26-19)23-24(18)16-10-8-15(21)9-11-16/h6-11,13-14H,2-5,12H2,1H3,(H,22,25). The number of thiophene rings is 1. The van der Waals surface area contributed by atoms with Crippen LogP contribution in [0.1, 0.15) is 43.1 Å². The third-order valence-electron chi connectivity index (χ3n) is 4.10. The maximum atomic E-state index is 12.7.